The molecule has 0 spiro atoms. The topological polar surface area (TPSA) is 54.5 Å². The van der Waals surface area contributed by atoms with Gasteiger partial charge in [-0.1, -0.05) is 22.9 Å². The predicted molar refractivity (Wildman–Crippen MR) is 98.7 cm³/mol. The summed E-state index contributed by atoms with van der Waals surface area (Å²) in [5.41, 5.74) is 0.651. The van der Waals surface area contributed by atoms with Gasteiger partial charge in [-0.2, -0.15) is 0 Å². The Hall–Kier alpha value is -1.63. The molecule has 1 amide bonds. The Morgan fingerprint density at radius 1 is 1.32 bits per heavy atom. The van der Waals surface area contributed by atoms with Crippen LogP contribution < -0.4 is 10.1 Å². The molecule has 1 N–H and O–H groups in total. The lowest BCUT2D eigenvalue weighted by atomic mass is 9.79. The second kappa shape index (κ2) is 6.94. The van der Waals surface area contributed by atoms with Gasteiger partial charge in [0.25, 0.3) is 5.91 Å². The van der Waals surface area contributed by atoms with Gasteiger partial charge in [-0.15, -0.1) is 0 Å². The second-order valence-electron chi connectivity index (χ2n) is 6.67. The molecule has 25 heavy (non-hydrogen) atoms. The molecule has 132 valence electrons. The smallest absolute Gasteiger partial charge is 0.251 e. The molecule has 3 saturated heterocycles. The van der Waals surface area contributed by atoms with Gasteiger partial charge in [0.05, 0.1) is 6.20 Å². The van der Waals surface area contributed by atoms with Gasteiger partial charge in [0.1, 0.15) is 5.75 Å². The second-order valence-corrected chi connectivity index (χ2v) is 8.25. The summed E-state index contributed by atoms with van der Waals surface area (Å²) in [6.07, 6.45) is 3.95. The minimum atomic E-state index is -0.0158. The number of carbonyl (C=O) groups is 1. The number of ether oxygens (including phenoxy) is 1. The van der Waals surface area contributed by atoms with Crippen LogP contribution in [0, 0.1) is 5.92 Å². The number of benzene rings is 1. The van der Waals surface area contributed by atoms with Crippen molar-refractivity contribution in [3.63, 3.8) is 0 Å². The highest BCUT2D eigenvalue weighted by molar-refractivity contribution is 7.17. The summed E-state index contributed by atoms with van der Waals surface area (Å²) in [7, 11) is 0. The SMILES string of the molecule is C[C@@H]1[C@H](NC(=O)c2ccc(Oc3cnc(Cl)s3)cc2)C2CCN1CC2. The Morgan fingerprint density at radius 3 is 2.64 bits per heavy atom. The average Bonchev–Trinajstić information content (AvgIpc) is 3.04. The van der Waals surface area contributed by atoms with E-state index in [1.54, 1.807) is 30.5 Å². The Bertz CT molecular complexity index is 754. The minimum Gasteiger partial charge on any atom is -0.445 e. The van der Waals surface area contributed by atoms with Crippen molar-refractivity contribution < 1.29 is 9.53 Å². The van der Waals surface area contributed by atoms with Crippen LogP contribution in [0.2, 0.25) is 4.47 Å². The molecule has 0 saturated carbocycles. The number of piperidine rings is 3. The number of carbonyl (C=O) groups excluding carboxylic acids is 1. The molecule has 5 rings (SSSR count). The highest BCUT2D eigenvalue weighted by Gasteiger charge is 2.40. The van der Waals surface area contributed by atoms with Crippen LogP contribution in [0.3, 0.4) is 0 Å². The molecule has 1 aromatic carbocycles. The summed E-state index contributed by atoms with van der Waals surface area (Å²) in [5.74, 6) is 1.24. The van der Waals surface area contributed by atoms with E-state index in [9.17, 15) is 4.79 Å². The molecule has 3 aliphatic heterocycles. The van der Waals surface area contributed by atoms with Gasteiger partial charge in [0.15, 0.2) is 4.47 Å². The van der Waals surface area contributed by atoms with Gasteiger partial charge in [-0.3, -0.25) is 9.69 Å². The molecule has 3 aliphatic rings. The fraction of sp³-hybridized carbons (Fsp3) is 0.444. The molecule has 0 unspecified atom stereocenters. The van der Waals surface area contributed by atoms with Crippen LogP contribution in [0.5, 0.6) is 10.8 Å². The molecule has 2 bridgehead atoms. The number of rotatable bonds is 4. The number of thiazole rings is 1. The largest absolute Gasteiger partial charge is 0.445 e. The highest BCUT2D eigenvalue weighted by Crippen LogP contribution is 2.33. The Morgan fingerprint density at radius 2 is 2.04 bits per heavy atom. The molecule has 4 heterocycles. The third kappa shape index (κ3) is 3.52. The van der Waals surface area contributed by atoms with Crippen LogP contribution in [0.4, 0.5) is 0 Å². The highest BCUT2D eigenvalue weighted by atomic mass is 35.5. The van der Waals surface area contributed by atoms with E-state index >= 15 is 0 Å². The Kier molecular flexibility index (Phi) is 4.67. The summed E-state index contributed by atoms with van der Waals surface area (Å²) in [5, 5.41) is 3.87. The number of halogens is 1. The van der Waals surface area contributed by atoms with Crippen molar-refractivity contribution in [3.05, 3.63) is 40.5 Å². The average molecular weight is 378 g/mol. The van der Waals surface area contributed by atoms with Gasteiger partial charge in [-0.05, 0) is 63.0 Å². The van der Waals surface area contributed by atoms with E-state index in [1.807, 2.05) is 0 Å². The van der Waals surface area contributed by atoms with Crippen molar-refractivity contribution in [2.24, 2.45) is 5.92 Å². The normalized spacial score (nSPS) is 27.9. The Balaban J connectivity index is 1.40. The first kappa shape index (κ1) is 16.8. The van der Waals surface area contributed by atoms with Crippen molar-refractivity contribution in [1.29, 1.82) is 0 Å². The number of amides is 1. The summed E-state index contributed by atoms with van der Waals surface area (Å²) >= 11 is 7.07. The first-order valence-corrected chi connectivity index (χ1v) is 9.74. The molecule has 0 aliphatic carbocycles. The maximum absolute atomic E-state index is 12.6. The summed E-state index contributed by atoms with van der Waals surface area (Å²) in [6, 6.07) is 7.82. The van der Waals surface area contributed by atoms with Crippen LogP contribution in [0.25, 0.3) is 0 Å². The first-order valence-electron chi connectivity index (χ1n) is 8.54. The maximum Gasteiger partial charge on any atom is 0.251 e. The Labute approximate surface area is 156 Å². The standard InChI is InChI=1S/C18H20ClN3O2S/c1-11-16(12-6-8-22(11)9-7-12)21-17(23)13-2-4-14(5-3-13)24-15-10-20-18(19)25-15/h2-5,10-12,16H,6-9H2,1H3,(H,21,23)/t11-,16+/m1/s1. The predicted octanol–water partition coefficient (Wildman–Crippen LogP) is 3.80. The zero-order valence-corrected chi connectivity index (χ0v) is 15.5. The number of hydrogen-bond acceptors (Lipinski definition) is 5. The van der Waals surface area contributed by atoms with Crippen LogP contribution in [0.15, 0.2) is 30.5 Å². The van der Waals surface area contributed by atoms with E-state index in [1.165, 1.54) is 24.2 Å². The van der Waals surface area contributed by atoms with E-state index in [2.05, 4.69) is 22.1 Å². The van der Waals surface area contributed by atoms with Gasteiger partial charge in [0.2, 0.25) is 5.06 Å². The monoisotopic (exact) mass is 377 g/mol. The summed E-state index contributed by atoms with van der Waals surface area (Å²) in [4.78, 5) is 19.0. The van der Waals surface area contributed by atoms with Gasteiger partial charge in [-0.25, -0.2) is 4.98 Å². The molecule has 1 aromatic heterocycles. The van der Waals surface area contributed by atoms with E-state index < -0.39 is 0 Å². The van der Waals surface area contributed by atoms with Gasteiger partial charge >= 0.3 is 0 Å². The van der Waals surface area contributed by atoms with E-state index in [0.717, 1.165) is 13.1 Å². The van der Waals surface area contributed by atoms with Crippen LogP contribution in [-0.4, -0.2) is 41.0 Å². The third-order valence-electron chi connectivity index (χ3n) is 5.27. The summed E-state index contributed by atoms with van der Waals surface area (Å²) in [6.45, 7) is 4.53. The lowest BCUT2D eigenvalue weighted by Crippen LogP contribution is -2.62. The molecule has 2 aromatic rings. The van der Waals surface area contributed by atoms with Crippen molar-refractivity contribution in [1.82, 2.24) is 15.2 Å². The van der Waals surface area contributed by atoms with Crippen LogP contribution >= 0.6 is 22.9 Å². The number of aromatic nitrogens is 1. The molecule has 5 nitrogen and oxygen atoms in total. The molecule has 2 atom stereocenters. The van der Waals surface area contributed by atoms with Crippen molar-refractivity contribution in [3.8, 4) is 10.8 Å². The molecule has 3 fully saturated rings. The fourth-order valence-electron chi connectivity index (χ4n) is 3.86. The zero-order chi connectivity index (χ0) is 17.4. The number of fused-ring (bicyclic) bond motifs is 3. The van der Waals surface area contributed by atoms with Crippen molar-refractivity contribution >= 4 is 28.8 Å². The first-order chi connectivity index (χ1) is 12.1. The van der Waals surface area contributed by atoms with Crippen molar-refractivity contribution in [2.45, 2.75) is 31.8 Å². The van der Waals surface area contributed by atoms with E-state index in [0.29, 0.717) is 32.8 Å². The van der Waals surface area contributed by atoms with Gasteiger partial charge in [0, 0.05) is 17.6 Å². The lowest BCUT2D eigenvalue weighted by molar-refractivity contribution is 0.0217. The van der Waals surface area contributed by atoms with Crippen molar-refractivity contribution in [2.75, 3.05) is 13.1 Å². The van der Waals surface area contributed by atoms with Crippen LogP contribution in [-0.2, 0) is 0 Å². The quantitative estimate of drug-likeness (QED) is 0.880. The molecular formula is C18H20ClN3O2S. The third-order valence-corrected chi connectivity index (χ3v) is 6.26. The number of nitrogens with zero attached hydrogens (tertiary/aromatic N) is 2. The minimum absolute atomic E-state index is 0.0158. The molecule has 7 heteroatoms. The summed E-state index contributed by atoms with van der Waals surface area (Å²) < 4.78 is 6.12. The molecule has 0 radical (unpaired) electrons. The number of nitrogens with one attached hydrogen (secondary N) is 1. The lowest BCUT2D eigenvalue weighted by Gasteiger charge is -2.49. The zero-order valence-electron chi connectivity index (χ0n) is 13.9. The maximum atomic E-state index is 12.6. The molecular weight excluding hydrogens is 358 g/mol. The van der Waals surface area contributed by atoms with Crippen LogP contribution in [0.1, 0.15) is 30.1 Å². The fourth-order valence-corrected chi connectivity index (χ4v) is 4.65. The van der Waals surface area contributed by atoms with E-state index in [4.69, 9.17) is 16.3 Å². The van der Waals surface area contributed by atoms with Gasteiger partial charge < -0.3 is 10.1 Å². The number of hydrogen-bond donors (Lipinski definition) is 1. The van der Waals surface area contributed by atoms with E-state index in [-0.39, 0.29) is 11.9 Å².